The van der Waals surface area contributed by atoms with Crippen molar-refractivity contribution in [2.75, 3.05) is 6.54 Å². The second kappa shape index (κ2) is 10.8. The molecule has 0 saturated carbocycles. The Labute approximate surface area is 180 Å². The highest BCUT2D eigenvalue weighted by atomic mass is 16.6. The highest BCUT2D eigenvalue weighted by Crippen LogP contribution is 2.18. The molecular weight excluding hydrogens is 378 g/mol. The van der Waals surface area contributed by atoms with Crippen LogP contribution in [0.4, 0.5) is 4.79 Å². The average molecular weight is 412 g/mol. The average Bonchev–Trinajstić information content (AvgIpc) is 2.70. The van der Waals surface area contributed by atoms with Crippen molar-refractivity contribution in [3.8, 4) is 5.75 Å². The molecule has 5 heteroatoms. The molecule has 30 heavy (non-hydrogen) atoms. The third-order valence-corrected chi connectivity index (χ3v) is 4.61. The summed E-state index contributed by atoms with van der Waals surface area (Å²) >= 11 is 0. The smallest absolute Gasteiger partial charge is 0.410 e. The number of carbonyl (C=O) groups is 2. The van der Waals surface area contributed by atoms with E-state index in [2.05, 4.69) is 6.92 Å². The van der Waals surface area contributed by atoms with Gasteiger partial charge >= 0.3 is 6.09 Å². The first-order valence-electron chi connectivity index (χ1n) is 10.5. The predicted molar refractivity (Wildman–Crippen MR) is 119 cm³/mol. The molecule has 0 heterocycles. The van der Waals surface area contributed by atoms with Crippen molar-refractivity contribution in [1.82, 2.24) is 4.90 Å². The fourth-order valence-electron chi connectivity index (χ4n) is 3.02. The highest BCUT2D eigenvalue weighted by molar-refractivity contribution is 5.99. The van der Waals surface area contributed by atoms with E-state index in [0.717, 1.165) is 18.4 Å². The minimum atomic E-state index is -0.609. The van der Waals surface area contributed by atoms with Crippen molar-refractivity contribution < 1.29 is 19.1 Å². The van der Waals surface area contributed by atoms with Gasteiger partial charge in [0.15, 0.2) is 5.78 Å². The van der Waals surface area contributed by atoms with Gasteiger partial charge in [-0.25, -0.2) is 4.79 Å². The van der Waals surface area contributed by atoms with Crippen molar-refractivity contribution in [3.63, 3.8) is 0 Å². The lowest BCUT2D eigenvalue weighted by molar-refractivity contribution is 0.0169. The van der Waals surface area contributed by atoms with E-state index in [4.69, 9.17) is 9.47 Å². The Hall–Kier alpha value is -2.82. The zero-order valence-corrected chi connectivity index (χ0v) is 18.7. The van der Waals surface area contributed by atoms with Crippen molar-refractivity contribution >= 4 is 11.9 Å². The molecule has 0 fully saturated rings. The Kier molecular flexibility index (Phi) is 8.46. The number of hydrogen-bond acceptors (Lipinski definition) is 4. The van der Waals surface area contributed by atoms with Crippen LogP contribution in [0, 0.1) is 0 Å². The quantitative estimate of drug-likeness (QED) is 0.484. The summed E-state index contributed by atoms with van der Waals surface area (Å²) in [6.45, 7) is 9.92. The third-order valence-electron chi connectivity index (χ3n) is 4.61. The van der Waals surface area contributed by atoms with Crippen LogP contribution in [-0.4, -0.2) is 35.0 Å². The topological polar surface area (TPSA) is 55.8 Å². The van der Waals surface area contributed by atoms with E-state index in [1.165, 1.54) is 4.90 Å². The van der Waals surface area contributed by atoms with Crippen molar-refractivity contribution in [3.05, 3.63) is 65.7 Å². The molecule has 0 N–H and O–H groups in total. The van der Waals surface area contributed by atoms with Gasteiger partial charge in [-0.1, -0.05) is 43.7 Å². The van der Waals surface area contributed by atoms with E-state index >= 15 is 0 Å². The Morgan fingerprint density at radius 2 is 1.63 bits per heavy atom. The molecule has 0 bridgehead atoms. The maximum absolute atomic E-state index is 12.8. The molecule has 0 aliphatic heterocycles. The van der Waals surface area contributed by atoms with Crippen LogP contribution >= 0.6 is 0 Å². The zero-order chi connectivity index (χ0) is 22.1. The Morgan fingerprint density at radius 3 is 2.20 bits per heavy atom. The number of Topliss-reactive ketones (excluding diaryl/α,β-unsaturated/α-hetero) is 1. The molecule has 0 aliphatic carbocycles. The second-order valence-corrected chi connectivity index (χ2v) is 8.47. The SMILES string of the molecule is CCCC(C)N(CC(=O)c1ccc(OCc2ccccc2)cc1)C(=O)OC(C)(C)C. The number of rotatable bonds is 9. The monoisotopic (exact) mass is 411 g/mol. The van der Waals surface area contributed by atoms with Crippen LogP contribution in [0.5, 0.6) is 5.75 Å². The van der Waals surface area contributed by atoms with Crippen LogP contribution in [0.15, 0.2) is 54.6 Å². The lowest BCUT2D eigenvalue weighted by Crippen LogP contribution is -2.44. The standard InChI is InChI=1S/C25H33NO4/c1-6-10-19(2)26(24(28)30-25(3,4)5)17-23(27)21-13-15-22(16-14-21)29-18-20-11-8-7-9-12-20/h7-9,11-16,19H,6,10,17-18H2,1-5H3. The number of benzene rings is 2. The largest absolute Gasteiger partial charge is 0.489 e. The van der Waals surface area contributed by atoms with Gasteiger partial charge in [0.05, 0.1) is 6.54 Å². The maximum Gasteiger partial charge on any atom is 0.410 e. The van der Waals surface area contributed by atoms with E-state index in [9.17, 15) is 9.59 Å². The van der Waals surface area contributed by atoms with E-state index in [1.807, 2.05) is 58.0 Å². The van der Waals surface area contributed by atoms with Gasteiger partial charge in [-0.2, -0.15) is 0 Å². The predicted octanol–water partition coefficient (Wildman–Crippen LogP) is 5.87. The molecule has 0 saturated heterocycles. The molecule has 5 nitrogen and oxygen atoms in total. The Morgan fingerprint density at radius 1 is 1.00 bits per heavy atom. The minimum Gasteiger partial charge on any atom is -0.489 e. The summed E-state index contributed by atoms with van der Waals surface area (Å²) in [6.07, 6.45) is 1.26. The van der Waals surface area contributed by atoms with E-state index < -0.39 is 11.7 Å². The molecule has 0 spiro atoms. The fraction of sp³-hybridized carbons (Fsp3) is 0.440. The van der Waals surface area contributed by atoms with Crippen molar-refractivity contribution in [1.29, 1.82) is 0 Å². The van der Waals surface area contributed by atoms with Crippen LogP contribution < -0.4 is 4.74 Å². The molecule has 1 unspecified atom stereocenters. The first-order chi connectivity index (χ1) is 14.2. The number of ether oxygens (including phenoxy) is 2. The lowest BCUT2D eigenvalue weighted by atomic mass is 10.1. The molecule has 162 valence electrons. The first-order valence-corrected chi connectivity index (χ1v) is 10.5. The molecule has 2 aromatic rings. The summed E-state index contributed by atoms with van der Waals surface area (Å²) in [7, 11) is 0. The van der Waals surface area contributed by atoms with Gasteiger partial charge in [0, 0.05) is 11.6 Å². The molecule has 1 atom stereocenters. The van der Waals surface area contributed by atoms with Crippen LogP contribution in [0.2, 0.25) is 0 Å². The maximum atomic E-state index is 12.8. The molecule has 0 radical (unpaired) electrons. The van der Waals surface area contributed by atoms with Gasteiger partial charge in [-0.15, -0.1) is 0 Å². The summed E-state index contributed by atoms with van der Waals surface area (Å²) < 4.78 is 11.3. The Bertz CT molecular complexity index is 809. The van der Waals surface area contributed by atoms with Gasteiger partial charge in [0.1, 0.15) is 18.0 Å². The van der Waals surface area contributed by atoms with Crippen molar-refractivity contribution in [2.45, 2.75) is 65.7 Å². The second-order valence-electron chi connectivity index (χ2n) is 8.47. The van der Waals surface area contributed by atoms with Crippen molar-refractivity contribution in [2.24, 2.45) is 0 Å². The summed E-state index contributed by atoms with van der Waals surface area (Å²) in [5.74, 6) is 0.567. The highest BCUT2D eigenvalue weighted by Gasteiger charge is 2.27. The first kappa shape index (κ1) is 23.5. The van der Waals surface area contributed by atoms with Gasteiger partial charge in [0.2, 0.25) is 0 Å². The molecule has 2 rings (SSSR count). The zero-order valence-electron chi connectivity index (χ0n) is 18.7. The minimum absolute atomic E-state index is 0.0136. The summed E-state index contributed by atoms with van der Waals surface area (Å²) in [4.78, 5) is 27.0. The summed E-state index contributed by atoms with van der Waals surface area (Å²) in [5, 5.41) is 0. The summed E-state index contributed by atoms with van der Waals surface area (Å²) in [6, 6.07) is 16.9. The summed E-state index contributed by atoms with van der Waals surface area (Å²) in [5.41, 5.74) is 1.01. The van der Waals surface area contributed by atoms with Gasteiger partial charge in [-0.3, -0.25) is 9.69 Å². The molecule has 0 aromatic heterocycles. The number of hydrogen-bond donors (Lipinski definition) is 0. The van der Waals surface area contributed by atoms with E-state index in [-0.39, 0.29) is 18.4 Å². The number of ketones is 1. The van der Waals surface area contributed by atoms with Crippen LogP contribution in [0.3, 0.4) is 0 Å². The van der Waals surface area contributed by atoms with Gasteiger partial charge in [-0.05, 0) is 63.9 Å². The number of amides is 1. The van der Waals surface area contributed by atoms with Gasteiger partial charge < -0.3 is 9.47 Å². The molecule has 2 aromatic carbocycles. The molecule has 1 amide bonds. The van der Waals surface area contributed by atoms with Crippen LogP contribution in [-0.2, 0) is 11.3 Å². The third kappa shape index (κ3) is 7.54. The van der Waals surface area contributed by atoms with E-state index in [0.29, 0.717) is 17.9 Å². The molecular formula is C25H33NO4. The fourth-order valence-corrected chi connectivity index (χ4v) is 3.02. The number of carbonyl (C=O) groups excluding carboxylic acids is 2. The Balaban J connectivity index is 2.02. The van der Waals surface area contributed by atoms with Gasteiger partial charge in [0.25, 0.3) is 0 Å². The lowest BCUT2D eigenvalue weighted by Gasteiger charge is -2.31. The van der Waals surface area contributed by atoms with Crippen LogP contribution in [0.1, 0.15) is 63.4 Å². The van der Waals surface area contributed by atoms with E-state index in [1.54, 1.807) is 24.3 Å². The normalized spacial score (nSPS) is 12.2. The molecule has 0 aliphatic rings. The van der Waals surface area contributed by atoms with Crippen LogP contribution in [0.25, 0.3) is 0 Å². The number of nitrogens with zero attached hydrogens (tertiary/aromatic N) is 1.